The fraction of sp³-hybridized carbons (Fsp3) is 0.889. The summed E-state index contributed by atoms with van der Waals surface area (Å²) in [6.45, 7) is 0.871. The number of rotatable bonds is 2. The van der Waals surface area contributed by atoms with Crippen LogP contribution in [0.15, 0.2) is 0 Å². The predicted molar refractivity (Wildman–Crippen MR) is 50.7 cm³/mol. The van der Waals surface area contributed by atoms with Crippen LogP contribution in [-0.2, 0) is 4.79 Å². The Morgan fingerprint density at radius 3 is 2.38 bits per heavy atom. The first-order chi connectivity index (χ1) is 7.23. The van der Waals surface area contributed by atoms with Crippen molar-refractivity contribution in [3.05, 3.63) is 0 Å². The molecule has 16 heavy (non-hydrogen) atoms. The highest BCUT2D eigenvalue weighted by molar-refractivity contribution is 5.81. The van der Waals surface area contributed by atoms with E-state index in [-0.39, 0.29) is 6.54 Å². The number of carbonyl (C=O) groups is 1. The Labute approximate surface area is 91.4 Å². The molecule has 1 saturated heterocycles. The van der Waals surface area contributed by atoms with Crippen molar-refractivity contribution in [2.24, 2.45) is 0 Å². The molecule has 0 unspecified atom stereocenters. The minimum Gasteiger partial charge on any atom is -0.388 e. The van der Waals surface area contributed by atoms with Gasteiger partial charge in [0.1, 0.15) is 0 Å². The Morgan fingerprint density at radius 1 is 1.44 bits per heavy atom. The maximum Gasteiger partial charge on any atom is 0.471 e. The molecular formula is C9H15F3N2O2. The Morgan fingerprint density at radius 2 is 1.94 bits per heavy atom. The van der Waals surface area contributed by atoms with Crippen molar-refractivity contribution in [1.29, 1.82) is 0 Å². The highest BCUT2D eigenvalue weighted by atomic mass is 19.4. The lowest BCUT2D eigenvalue weighted by Gasteiger charge is -2.36. The van der Waals surface area contributed by atoms with Gasteiger partial charge in [-0.05, 0) is 19.9 Å². The van der Waals surface area contributed by atoms with Crippen LogP contribution < -0.4 is 5.32 Å². The first kappa shape index (κ1) is 13.2. The molecule has 0 spiro atoms. The summed E-state index contributed by atoms with van der Waals surface area (Å²) < 4.78 is 35.7. The van der Waals surface area contributed by atoms with Gasteiger partial charge in [-0.3, -0.25) is 4.79 Å². The van der Waals surface area contributed by atoms with Crippen LogP contribution in [0.1, 0.15) is 12.8 Å². The van der Waals surface area contributed by atoms with Gasteiger partial charge < -0.3 is 15.3 Å². The molecule has 1 heterocycles. The first-order valence-electron chi connectivity index (χ1n) is 4.99. The second-order valence-corrected chi connectivity index (χ2v) is 4.21. The number of amides is 1. The van der Waals surface area contributed by atoms with E-state index < -0.39 is 17.7 Å². The van der Waals surface area contributed by atoms with Gasteiger partial charge in [-0.25, -0.2) is 0 Å². The number of aliphatic hydroxyl groups is 1. The van der Waals surface area contributed by atoms with Gasteiger partial charge in [0.2, 0.25) is 0 Å². The molecule has 0 aromatic heterocycles. The molecule has 7 heteroatoms. The third kappa shape index (κ3) is 3.64. The molecule has 0 aromatic carbocycles. The molecule has 1 fully saturated rings. The van der Waals surface area contributed by atoms with Crippen molar-refractivity contribution in [2.75, 3.05) is 26.7 Å². The van der Waals surface area contributed by atoms with Crippen molar-refractivity contribution in [2.45, 2.75) is 24.6 Å². The van der Waals surface area contributed by atoms with Crippen LogP contribution in [0.3, 0.4) is 0 Å². The SMILES string of the molecule is CN1CCC(O)(CNC(=O)C(F)(F)F)CC1. The smallest absolute Gasteiger partial charge is 0.388 e. The van der Waals surface area contributed by atoms with Gasteiger partial charge >= 0.3 is 12.1 Å². The van der Waals surface area contributed by atoms with Crippen molar-refractivity contribution < 1.29 is 23.1 Å². The number of hydrogen-bond acceptors (Lipinski definition) is 3. The third-order valence-electron chi connectivity index (χ3n) is 2.75. The van der Waals surface area contributed by atoms with Crippen molar-refractivity contribution in [3.63, 3.8) is 0 Å². The number of nitrogens with zero attached hydrogens (tertiary/aromatic N) is 1. The molecule has 0 aromatic rings. The van der Waals surface area contributed by atoms with E-state index >= 15 is 0 Å². The van der Waals surface area contributed by atoms with Gasteiger partial charge in [-0.15, -0.1) is 0 Å². The number of likely N-dealkylation sites (tertiary alicyclic amines) is 1. The van der Waals surface area contributed by atoms with Crippen LogP contribution in [0.2, 0.25) is 0 Å². The largest absolute Gasteiger partial charge is 0.471 e. The molecule has 94 valence electrons. The minimum atomic E-state index is -4.89. The van der Waals surface area contributed by atoms with Crippen LogP contribution in [-0.4, -0.2) is 54.4 Å². The normalized spacial score (nSPS) is 21.8. The fourth-order valence-electron chi connectivity index (χ4n) is 1.56. The number of alkyl halides is 3. The fourth-order valence-corrected chi connectivity index (χ4v) is 1.56. The summed E-state index contributed by atoms with van der Waals surface area (Å²) >= 11 is 0. The van der Waals surface area contributed by atoms with Gasteiger partial charge in [-0.2, -0.15) is 13.2 Å². The summed E-state index contributed by atoms with van der Waals surface area (Å²) in [6.07, 6.45) is -4.16. The predicted octanol–water partition coefficient (Wildman–Crippen LogP) is 0.122. The molecule has 1 rings (SSSR count). The Hall–Kier alpha value is -0.820. The average molecular weight is 240 g/mol. The molecule has 0 radical (unpaired) electrons. The Balaban J connectivity index is 2.40. The molecular weight excluding hydrogens is 225 g/mol. The zero-order valence-corrected chi connectivity index (χ0v) is 8.97. The van der Waals surface area contributed by atoms with E-state index in [1.54, 1.807) is 5.32 Å². The summed E-state index contributed by atoms with van der Waals surface area (Å²) in [7, 11) is 1.87. The molecule has 0 saturated carbocycles. The molecule has 2 N–H and O–H groups in total. The highest BCUT2D eigenvalue weighted by Crippen LogP contribution is 2.21. The molecule has 0 bridgehead atoms. The highest BCUT2D eigenvalue weighted by Gasteiger charge is 2.40. The van der Waals surface area contributed by atoms with E-state index in [4.69, 9.17) is 0 Å². The first-order valence-corrected chi connectivity index (χ1v) is 4.99. The van der Waals surface area contributed by atoms with E-state index in [1.165, 1.54) is 0 Å². The average Bonchev–Trinajstić information content (AvgIpc) is 2.18. The van der Waals surface area contributed by atoms with E-state index in [0.29, 0.717) is 25.9 Å². The number of nitrogens with one attached hydrogen (secondary N) is 1. The molecule has 0 aliphatic carbocycles. The van der Waals surface area contributed by atoms with Gasteiger partial charge in [0, 0.05) is 19.6 Å². The zero-order chi connectivity index (χ0) is 12.4. The summed E-state index contributed by atoms with van der Waals surface area (Å²) in [5.41, 5.74) is -1.21. The lowest BCUT2D eigenvalue weighted by Crippen LogP contribution is -2.51. The zero-order valence-electron chi connectivity index (χ0n) is 8.97. The van der Waals surface area contributed by atoms with Crippen LogP contribution in [0.5, 0.6) is 0 Å². The lowest BCUT2D eigenvalue weighted by molar-refractivity contribution is -0.174. The minimum absolute atomic E-state index is 0.348. The number of carbonyl (C=O) groups excluding carboxylic acids is 1. The molecule has 0 atom stereocenters. The number of hydrogen-bond donors (Lipinski definition) is 2. The maximum absolute atomic E-state index is 11.9. The van der Waals surface area contributed by atoms with Crippen LogP contribution in [0.25, 0.3) is 0 Å². The number of halogens is 3. The maximum atomic E-state index is 11.9. The van der Waals surface area contributed by atoms with E-state index in [0.717, 1.165) is 0 Å². The topological polar surface area (TPSA) is 52.6 Å². The third-order valence-corrected chi connectivity index (χ3v) is 2.75. The van der Waals surface area contributed by atoms with Gasteiger partial charge in [0.25, 0.3) is 0 Å². The van der Waals surface area contributed by atoms with E-state index in [2.05, 4.69) is 0 Å². The monoisotopic (exact) mass is 240 g/mol. The molecule has 1 amide bonds. The summed E-state index contributed by atoms with van der Waals surface area (Å²) in [5.74, 6) is -2.00. The van der Waals surface area contributed by atoms with Gasteiger partial charge in [0.15, 0.2) is 0 Å². The molecule has 4 nitrogen and oxygen atoms in total. The van der Waals surface area contributed by atoms with E-state index in [9.17, 15) is 23.1 Å². The Bertz CT molecular complexity index is 260. The van der Waals surface area contributed by atoms with Crippen LogP contribution in [0, 0.1) is 0 Å². The van der Waals surface area contributed by atoms with Crippen molar-refractivity contribution >= 4 is 5.91 Å². The van der Waals surface area contributed by atoms with Gasteiger partial charge in [0.05, 0.1) is 5.60 Å². The summed E-state index contributed by atoms with van der Waals surface area (Å²) in [6, 6.07) is 0. The van der Waals surface area contributed by atoms with Crippen LogP contribution >= 0.6 is 0 Å². The second-order valence-electron chi connectivity index (χ2n) is 4.21. The standard InChI is InChI=1S/C9H15F3N2O2/c1-14-4-2-8(16,3-5-14)6-13-7(15)9(10,11)12/h16H,2-6H2,1H3,(H,13,15). The van der Waals surface area contributed by atoms with Crippen molar-refractivity contribution in [3.8, 4) is 0 Å². The number of piperidine rings is 1. The molecule has 1 aliphatic rings. The van der Waals surface area contributed by atoms with Crippen molar-refractivity contribution in [1.82, 2.24) is 10.2 Å². The summed E-state index contributed by atoms with van der Waals surface area (Å²) in [5, 5.41) is 11.6. The van der Waals surface area contributed by atoms with Gasteiger partial charge in [-0.1, -0.05) is 0 Å². The quantitative estimate of drug-likeness (QED) is 0.721. The lowest BCUT2D eigenvalue weighted by atomic mass is 9.91. The van der Waals surface area contributed by atoms with Crippen LogP contribution in [0.4, 0.5) is 13.2 Å². The van der Waals surface area contributed by atoms with E-state index in [1.807, 2.05) is 11.9 Å². The Kier molecular flexibility index (Phi) is 3.80. The summed E-state index contributed by atoms with van der Waals surface area (Å²) in [4.78, 5) is 12.5. The molecule has 1 aliphatic heterocycles. The second kappa shape index (κ2) is 4.58.